The summed E-state index contributed by atoms with van der Waals surface area (Å²) >= 11 is 0. The van der Waals surface area contributed by atoms with Crippen LogP contribution in [0.5, 0.6) is 5.75 Å². The Kier molecular flexibility index (Phi) is 5.58. The number of aromatic hydroxyl groups is 1. The molecule has 0 aliphatic carbocycles. The molecular formula is C15H21NO5. The maximum absolute atomic E-state index is 12.1. The molecule has 0 heterocycles. The first kappa shape index (κ1) is 16.8. The second-order valence-electron chi connectivity index (χ2n) is 5.59. The highest BCUT2D eigenvalue weighted by Crippen LogP contribution is 2.14. The zero-order valence-electron chi connectivity index (χ0n) is 12.7. The molecule has 0 aliphatic heterocycles. The SMILES string of the molecule is COC(=O)N[C@@H](Cc1ccc(O)cc1)C(=O)OC(C)(C)C. The molecule has 1 atom stereocenters. The largest absolute Gasteiger partial charge is 0.508 e. The van der Waals surface area contributed by atoms with Gasteiger partial charge in [-0.05, 0) is 38.5 Å². The number of esters is 1. The highest BCUT2D eigenvalue weighted by molar-refractivity contribution is 5.81. The van der Waals surface area contributed by atoms with Gasteiger partial charge in [0, 0.05) is 6.42 Å². The third-order valence-electron chi connectivity index (χ3n) is 2.54. The molecule has 0 fully saturated rings. The lowest BCUT2D eigenvalue weighted by Crippen LogP contribution is -2.45. The first-order valence-corrected chi connectivity index (χ1v) is 6.56. The van der Waals surface area contributed by atoms with Crippen molar-refractivity contribution in [1.29, 1.82) is 0 Å². The van der Waals surface area contributed by atoms with Gasteiger partial charge in [-0.3, -0.25) is 0 Å². The van der Waals surface area contributed by atoms with Crippen molar-refractivity contribution in [3.8, 4) is 5.75 Å². The van der Waals surface area contributed by atoms with Gasteiger partial charge in [-0.1, -0.05) is 12.1 Å². The van der Waals surface area contributed by atoms with E-state index >= 15 is 0 Å². The number of phenols is 1. The van der Waals surface area contributed by atoms with Crippen molar-refractivity contribution in [2.24, 2.45) is 0 Å². The van der Waals surface area contributed by atoms with Crippen LogP contribution in [0.2, 0.25) is 0 Å². The highest BCUT2D eigenvalue weighted by atomic mass is 16.6. The van der Waals surface area contributed by atoms with E-state index in [2.05, 4.69) is 10.1 Å². The Morgan fingerprint density at radius 2 is 1.81 bits per heavy atom. The number of ether oxygens (including phenoxy) is 2. The number of rotatable bonds is 4. The Morgan fingerprint density at radius 1 is 1.24 bits per heavy atom. The normalized spacial score (nSPS) is 12.4. The van der Waals surface area contributed by atoms with E-state index in [1.54, 1.807) is 32.9 Å². The molecule has 0 unspecified atom stereocenters. The van der Waals surface area contributed by atoms with Gasteiger partial charge < -0.3 is 19.9 Å². The molecule has 0 saturated carbocycles. The molecule has 6 heteroatoms. The fourth-order valence-corrected chi connectivity index (χ4v) is 1.64. The lowest BCUT2D eigenvalue weighted by Gasteiger charge is -2.24. The number of nitrogens with one attached hydrogen (secondary N) is 1. The minimum Gasteiger partial charge on any atom is -0.508 e. The molecule has 6 nitrogen and oxygen atoms in total. The molecule has 2 N–H and O–H groups in total. The van der Waals surface area contributed by atoms with E-state index in [0.29, 0.717) is 0 Å². The average molecular weight is 295 g/mol. The maximum Gasteiger partial charge on any atom is 0.407 e. The fourth-order valence-electron chi connectivity index (χ4n) is 1.64. The van der Waals surface area contributed by atoms with Crippen LogP contribution in [0.15, 0.2) is 24.3 Å². The molecule has 1 aromatic carbocycles. The van der Waals surface area contributed by atoms with Crippen LogP contribution in [-0.2, 0) is 20.7 Å². The van der Waals surface area contributed by atoms with Gasteiger partial charge in [0.05, 0.1) is 7.11 Å². The average Bonchev–Trinajstić information content (AvgIpc) is 2.38. The van der Waals surface area contributed by atoms with Gasteiger partial charge in [-0.15, -0.1) is 0 Å². The van der Waals surface area contributed by atoms with E-state index in [9.17, 15) is 14.7 Å². The third-order valence-corrected chi connectivity index (χ3v) is 2.54. The number of methoxy groups -OCH3 is 1. The summed E-state index contributed by atoms with van der Waals surface area (Å²) in [6.45, 7) is 5.25. The van der Waals surface area contributed by atoms with E-state index in [-0.39, 0.29) is 12.2 Å². The Bertz CT molecular complexity index is 490. The minimum absolute atomic E-state index is 0.133. The fraction of sp³-hybridized carbons (Fsp3) is 0.467. The number of carbonyl (C=O) groups is 2. The Labute approximate surface area is 124 Å². The van der Waals surface area contributed by atoms with E-state index < -0.39 is 23.7 Å². The number of amides is 1. The Hall–Kier alpha value is -2.24. The molecule has 0 bridgehead atoms. The van der Waals surface area contributed by atoms with Crippen LogP contribution in [0, 0.1) is 0 Å². The predicted octanol–water partition coefficient (Wildman–Crippen LogP) is 2.00. The summed E-state index contributed by atoms with van der Waals surface area (Å²) < 4.78 is 9.80. The summed E-state index contributed by atoms with van der Waals surface area (Å²) in [5.41, 5.74) is 0.127. The molecule has 1 aromatic rings. The molecular weight excluding hydrogens is 274 g/mol. The molecule has 0 saturated heterocycles. The van der Waals surface area contributed by atoms with Crippen molar-refractivity contribution in [2.75, 3.05) is 7.11 Å². The van der Waals surface area contributed by atoms with Gasteiger partial charge >= 0.3 is 12.1 Å². The monoisotopic (exact) mass is 295 g/mol. The first-order valence-electron chi connectivity index (χ1n) is 6.56. The van der Waals surface area contributed by atoms with E-state index in [0.717, 1.165) is 5.56 Å². The van der Waals surface area contributed by atoms with E-state index in [4.69, 9.17) is 4.74 Å². The molecule has 0 aliphatic rings. The molecule has 0 radical (unpaired) electrons. The second-order valence-corrected chi connectivity index (χ2v) is 5.59. The standard InChI is InChI=1S/C15H21NO5/c1-15(2,3)21-13(18)12(16-14(19)20-4)9-10-5-7-11(17)8-6-10/h5-8,12,17H,9H2,1-4H3,(H,16,19)/t12-/m0/s1. The van der Waals surface area contributed by atoms with Crippen molar-refractivity contribution < 1.29 is 24.2 Å². The number of hydrogen-bond acceptors (Lipinski definition) is 5. The van der Waals surface area contributed by atoms with Crippen LogP contribution in [0.3, 0.4) is 0 Å². The van der Waals surface area contributed by atoms with Gasteiger partial charge in [0.2, 0.25) is 0 Å². The summed E-state index contributed by atoms with van der Waals surface area (Å²) in [5.74, 6) is -0.408. The first-order chi connectivity index (χ1) is 9.71. The van der Waals surface area contributed by atoms with Crippen LogP contribution in [0.4, 0.5) is 4.79 Å². The number of alkyl carbamates (subject to hydrolysis) is 1. The summed E-state index contributed by atoms with van der Waals surface area (Å²) in [6, 6.07) is 5.51. The van der Waals surface area contributed by atoms with Crippen LogP contribution in [0.25, 0.3) is 0 Å². The van der Waals surface area contributed by atoms with Crippen molar-refractivity contribution >= 4 is 12.1 Å². The van der Waals surface area contributed by atoms with Crippen LogP contribution < -0.4 is 5.32 Å². The van der Waals surface area contributed by atoms with Gasteiger partial charge in [-0.25, -0.2) is 9.59 Å². The van der Waals surface area contributed by atoms with Gasteiger partial charge in [0.15, 0.2) is 0 Å². The topological polar surface area (TPSA) is 84.9 Å². The summed E-state index contributed by atoms with van der Waals surface area (Å²) in [7, 11) is 1.22. The smallest absolute Gasteiger partial charge is 0.407 e. The predicted molar refractivity (Wildman–Crippen MR) is 77.0 cm³/mol. The van der Waals surface area contributed by atoms with Gasteiger partial charge in [0.25, 0.3) is 0 Å². The number of benzene rings is 1. The molecule has 0 spiro atoms. The summed E-state index contributed by atoms with van der Waals surface area (Å²) in [5, 5.41) is 11.7. The number of carbonyl (C=O) groups excluding carboxylic acids is 2. The zero-order chi connectivity index (χ0) is 16.0. The zero-order valence-corrected chi connectivity index (χ0v) is 12.7. The number of phenolic OH excluding ortho intramolecular Hbond substituents is 1. The summed E-state index contributed by atoms with van der Waals surface area (Å²) in [4.78, 5) is 23.5. The van der Waals surface area contributed by atoms with Crippen molar-refractivity contribution in [3.63, 3.8) is 0 Å². The minimum atomic E-state index is -0.860. The quantitative estimate of drug-likeness (QED) is 0.830. The van der Waals surface area contributed by atoms with Gasteiger partial charge in [-0.2, -0.15) is 0 Å². The Morgan fingerprint density at radius 3 is 2.29 bits per heavy atom. The van der Waals surface area contributed by atoms with Crippen molar-refractivity contribution in [1.82, 2.24) is 5.32 Å². The maximum atomic E-state index is 12.1. The molecule has 116 valence electrons. The summed E-state index contributed by atoms with van der Waals surface area (Å²) in [6.07, 6.45) is -0.464. The van der Waals surface area contributed by atoms with Crippen molar-refractivity contribution in [2.45, 2.75) is 38.8 Å². The van der Waals surface area contributed by atoms with Gasteiger partial charge in [0.1, 0.15) is 17.4 Å². The van der Waals surface area contributed by atoms with Crippen molar-refractivity contribution in [3.05, 3.63) is 29.8 Å². The lowest BCUT2D eigenvalue weighted by atomic mass is 10.1. The second kappa shape index (κ2) is 6.97. The number of hydrogen-bond donors (Lipinski definition) is 2. The lowest BCUT2D eigenvalue weighted by molar-refractivity contribution is -0.157. The van der Waals surface area contributed by atoms with Crippen LogP contribution in [0.1, 0.15) is 26.3 Å². The molecule has 1 rings (SSSR count). The molecule has 0 aromatic heterocycles. The molecule has 1 amide bonds. The Balaban J connectivity index is 2.83. The van der Waals surface area contributed by atoms with E-state index in [1.165, 1.54) is 19.2 Å². The van der Waals surface area contributed by atoms with Crippen LogP contribution in [-0.4, -0.2) is 35.9 Å². The third kappa shape index (κ3) is 6.16. The van der Waals surface area contributed by atoms with Crippen LogP contribution >= 0.6 is 0 Å². The highest BCUT2D eigenvalue weighted by Gasteiger charge is 2.27. The van der Waals surface area contributed by atoms with E-state index in [1.807, 2.05) is 0 Å². The molecule has 21 heavy (non-hydrogen) atoms.